The summed E-state index contributed by atoms with van der Waals surface area (Å²) >= 11 is 0. The smallest absolute Gasteiger partial charge is 0.319 e. The minimum Gasteiger partial charge on any atom is -0.457 e. The number of fused-ring (bicyclic) bond motifs is 1. The number of hydrogen-bond donors (Lipinski definition) is 4. The highest BCUT2D eigenvalue weighted by Crippen LogP contribution is 2.45. The molecule has 63 heavy (non-hydrogen) atoms. The largest absolute Gasteiger partial charge is 0.457 e. The minimum atomic E-state index is -0.657. The van der Waals surface area contributed by atoms with Crippen LogP contribution in [0.25, 0.3) is 11.1 Å². The van der Waals surface area contributed by atoms with E-state index in [0.29, 0.717) is 36.5 Å². The molecule has 1 aliphatic carbocycles. The van der Waals surface area contributed by atoms with Crippen molar-refractivity contribution in [3.05, 3.63) is 150 Å². The minimum absolute atomic E-state index is 0.0193. The zero-order valence-corrected chi connectivity index (χ0v) is 37.0. The SMILES string of the molecule is C[C@@H]1[C@H](CN2[C@@H](C(=O)NC(C)(C)C)CC[C@H]3CCCC[C@H]32)O[C@H](c2cccc(-c3cccc(CNC(=O)Nc4ccc(Oc5ccccc5)cc4)c3)c2)O[C@@H]1c1ccc(CO)cc1. The van der Waals surface area contributed by atoms with E-state index in [4.69, 9.17) is 14.2 Å². The Balaban J connectivity index is 0.986. The van der Waals surface area contributed by atoms with E-state index in [1.165, 1.54) is 19.3 Å². The molecule has 5 aromatic rings. The topological polar surface area (TPSA) is 121 Å². The predicted octanol–water partition coefficient (Wildman–Crippen LogP) is 10.7. The van der Waals surface area contributed by atoms with Crippen LogP contribution >= 0.6 is 0 Å². The molecule has 3 fully saturated rings. The molecule has 7 atom stereocenters. The molecule has 0 unspecified atom stereocenters. The average molecular weight is 851 g/mol. The molecule has 2 saturated heterocycles. The van der Waals surface area contributed by atoms with Crippen LogP contribution in [0, 0.1) is 11.8 Å². The van der Waals surface area contributed by atoms with Crippen molar-refractivity contribution in [3.63, 3.8) is 0 Å². The van der Waals surface area contributed by atoms with Crippen LogP contribution in [0.3, 0.4) is 0 Å². The van der Waals surface area contributed by atoms with Crippen molar-refractivity contribution >= 4 is 17.6 Å². The van der Waals surface area contributed by atoms with Gasteiger partial charge in [-0.05, 0) is 129 Å². The van der Waals surface area contributed by atoms with Crippen LogP contribution < -0.4 is 20.7 Å². The van der Waals surface area contributed by atoms with Gasteiger partial charge in [-0.25, -0.2) is 4.79 Å². The molecule has 10 heteroatoms. The van der Waals surface area contributed by atoms with Crippen LogP contribution in [-0.2, 0) is 27.4 Å². The first-order valence-electron chi connectivity index (χ1n) is 22.6. The van der Waals surface area contributed by atoms with E-state index in [-0.39, 0.29) is 48.3 Å². The summed E-state index contributed by atoms with van der Waals surface area (Å²) in [5.74, 6) is 2.10. The highest BCUT2D eigenvalue weighted by atomic mass is 16.7. The maximum Gasteiger partial charge on any atom is 0.319 e. The number of nitrogens with one attached hydrogen (secondary N) is 3. The number of likely N-dealkylation sites (tertiary alicyclic amines) is 1. The highest BCUT2D eigenvalue weighted by Gasteiger charge is 2.46. The number of piperidine rings is 1. The summed E-state index contributed by atoms with van der Waals surface area (Å²) in [5, 5.41) is 19.0. The molecule has 0 radical (unpaired) electrons. The zero-order valence-electron chi connectivity index (χ0n) is 37.0. The molecule has 0 bridgehead atoms. The average Bonchev–Trinajstić information content (AvgIpc) is 3.29. The van der Waals surface area contributed by atoms with Crippen molar-refractivity contribution in [2.24, 2.45) is 11.8 Å². The fraction of sp³-hybridized carbons (Fsp3) is 0.396. The van der Waals surface area contributed by atoms with Gasteiger partial charge in [0.1, 0.15) is 11.5 Å². The number of anilines is 1. The highest BCUT2D eigenvalue weighted by molar-refractivity contribution is 5.89. The third-order valence-electron chi connectivity index (χ3n) is 12.8. The number of para-hydroxylation sites is 1. The normalized spacial score (nSPS) is 23.9. The third-order valence-corrected chi connectivity index (χ3v) is 12.8. The zero-order chi connectivity index (χ0) is 43.9. The second kappa shape index (κ2) is 19.9. The van der Waals surface area contributed by atoms with Gasteiger partial charge in [-0.1, -0.05) is 98.6 Å². The van der Waals surface area contributed by atoms with Crippen LogP contribution in [0.1, 0.15) is 101 Å². The van der Waals surface area contributed by atoms with Crippen LogP contribution in [0.5, 0.6) is 11.5 Å². The lowest BCUT2D eigenvalue weighted by atomic mass is 9.75. The lowest BCUT2D eigenvalue weighted by Crippen LogP contribution is -2.61. The predicted molar refractivity (Wildman–Crippen MR) is 247 cm³/mol. The standard InChI is InChI=1S/C53H62N4O6/c1-35-48(33-57-46-19-9-8-13-38(46)24-29-47(57)50(59)56-53(2,3)4)62-51(63-49(35)39-22-20-36(34-58)21-23-39)42-16-11-15-41(31-42)40-14-10-12-37(30-40)32-54-52(60)55-43-25-27-45(28-26-43)61-44-17-6-5-7-18-44/h5-7,10-12,14-18,20-23,25-28,30-31,35,38,46-49,51,58H,8-9,13,19,24,29,32-34H2,1-4H3,(H,56,59)(H2,54,55,60)/t35-,38-,46-,47-,48+,49+,51+/m1/s1. The fourth-order valence-corrected chi connectivity index (χ4v) is 9.58. The lowest BCUT2D eigenvalue weighted by Gasteiger charge is -2.51. The first-order valence-corrected chi connectivity index (χ1v) is 22.6. The van der Waals surface area contributed by atoms with Crippen LogP contribution in [0.15, 0.2) is 127 Å². The summed E-state index contributed by atoms with van der Waals surface area (Å²) in [4.78, 5) is 29.4. The molecule has 2 heterocycles. The van der Waals surface area contributed by atoms with Gasteiger partial charge < -0.3 is 35.3 Å². The molecule has 3 aliphatic rings. The van der Waals surface area contributed by atoms with Gasteiger partial charge in [-0.2, -0.15) is 0 Å². The second-order valence-corrected chi connectivity index (χ2v) is 18.5. The van der Waals surface area contributed by atoms with Crippen LogP contribution in [-0.4, -0.2) is 52.2 Å². The Morgan fingerprint density at radius 3 is 2.21 bits per heavy atom. The third kappa shape index (κ3) is 11.2. The van der Waals surface area contributed by atoms with Crippen molar-refractivity contribution in [1.29, 1.82) is 0 Å². The Morgan fingerprint density at radius 2 is 1.46 bits per heavy atom. The summed E-state index contributed by atoms with van der Waals surface area (Å²) < 4.78 is 19.9. The van der Waals surface area contributed by atoms with E-state index in [0.717, 1.165) is 58.4 Å². The monoisotopic (exact) mass is 850 g/mol. The van der Waals surface area contributed by atoms with Crippen molar-refractivity contribution in [2.45, 2.75) is 115 Å². The van der Waals surface area contributed by atoms with Gasteiger partial charge in [-0.3, -0.25) is 9.69 Å². The van der Waals surface area contributed by atoms with Gasteiger partial charge >= 0.3 is 6.03 Å². The fourth-order valence-electron chi connectivity index (χ4n) is 9.58. The number of nitrogens with zero attached hydrogens (tertiary/aromatic N) is 1. The van der Waals surface area contributed by atoms with Crippen LogP contribution in [0.4, 0.5) is 10.5 Å². The van der Waals surface area contributed by atoms with E-state index in [1.807, 2.05) is 106 Å². The Kier molecular flexibility index (Phi) is 13.9. The number of amides is 3. The molecular weight excluding hydrogens is 789 g/mol. The quantitative estimate of drug-likeness (QED) is 0.0986. The number of urea groups is 1. The molecule has 0 aromatic heterocycles. The Labute approximate surface area is 372 Å². The first-order chi connectivity index (χ1) is 30.5. The van der Waals surface area contributed by atoms with Gasteiger partial charge in [0.15, 0.2) is 6.29 Å². The molecule has 0 spiro atoms. The van der Waals surface area contributed by atoms with Crippen molar-refractivity contribution < 1.29 is 28.9 Å². The van der Waals surface area contributed by atoms with E-state index < -0.39 is 6.29 Å². The number of benzene rings is 5. The molecule has 330 valence electrons. The molecular formula is C53H62N4O6. The maximum absolute atomic E-state index is 14.0. The molecule has 1 saturated carbocycles. The Morgan fingerprint density at radius 1 is 0.746 bits per heavy atom. The molecule has 4 N–H and O–H groups in total. The summed E-state index contributed by atoms with van der Waals surface area (Å²) in [6, 6.07) is 41.1. The van der Waals surface area contributed by atoms with Gasteiger partial charge in [0.05, 0.1) is 24.9 Å². The van der Waals surface area contributed by atoms with Gasteiger partial charge in [0, 0.05) is 41.8 Å². The molecule has 5 aromatic carbocycles. The van der Waals surface area contributed by atoms with E-state index in [9.17, 15) is 14.7 Å². The number of ether oxygens (including phenoxy) is 3. The van der Waals surface area contributed by atoms with Crippen molar-refractivity contribution in [2.75, 3.05) is 11.9 Å². The van der Waals surface area contributed by atoms with Crippen molar-refractivity contribution in [1.82, 2.24) is 15.5 Å². The Bertz CT molecular complexity index is 2300. The number of hydrogen-bond acceptors (Lipinski definition) is 7. The summed E-state index contributed by atoms with van der Waals surface area (Å²) in [7, 11) is 0. The van der Waals surface area contributed by atoms with Gasteiger partial charge in [-0.15, -0.1) is 0 Å². The van der Waals surface area contributed by atoms with E-state index in [2.05, 4.69) is 70.2 Å². The maximum atomic E-state index is 14.0. The molecule has 3 amide bonds. The second-order valence-electron chi connectivity index (χ2n) is 18.5. The van der Waals surface area contributed by atoms with Crippen LogP contribution in [0.2, 0.25) is 0 Å². The summed E-state index contributed by atoms with van der Waals surface area (Å²) in [6.07, 6.45) is 5.49. The van der Waals surface area contributed by atoms with Gasteiger partial charge in [0.2, 0.25) is 5.91 Å². The number of aliphatic hydroxyl groups excluding tert-OH is 1. The van der Waals surface area contributed by atoms with Crippen molar-refractivity contribution in [3.8, 4) is 22.6 Å². The van der Waals surface area contributed by atoms with E-state index >= 15 is 0 Å². The number of carbonyl (C=O) groups excluding carboxylic acids is 2. The number of carbonyl (C=O) groups is 2. The summed E-state index contributed by atoms with van der Waals surface area (Å²) in [5.41, 5.74) is 6.08. The lowest BCUT2D eigenvalue weighted by molar-refractivity contribution is -0.278. The molecule has 8 rings (SSSR count). The van der Waals surface area contributed by atoms with Gasteiger partial charge in [0.25, 0.3) is 0 Å². The first kappa shape index (κ1) is 44.1. The van der Waals surface area contributed by atoms with E-state index in [1.54, 1.807) is 0 Å². The Hall–Kier alpha value is -5.52. The number of rotatable bonds is 12. The number of aliphatic hydroxyl groups is 1. The molecule has 10 nitrogen and oxygen atoms in total. The molecule has 2 aliphatic heterocycles. The summed E-state index contributed by atoms with van der Waals surface area (Å²) in [6.45, 7) is 9.30.